The minimum Gasteiger partial charge on any atom is -0.481 e. The van der Waals surface area contributed by atoms with Crippen LogP contribution in [0, 0.1) is 0 Å². The second kappa shape index (κ2) is 4.73. The minimum atomic E-state index is -0.853. The fourth-order valence-electron chi connectivity index (χ4n) is 0.895. The van der Waals surface area contributed by atoms with E-state index in [9.17, 15) is 4.79 Å². The molecule has 0 aliphatic rings. The first-order chi connectivity index (χ1) is 6.63. The molecule has 0 radical (unpaired) electrons. The highest BCUT2D eigenvalue weighted by Crippen LogP contribution is 2.25. The third kappa shape index (κ3) is 2.82. The van der Waals surface area contributed by atoms with Gasteiger partial charge in [-0.1, -0.05) is 0 Å². The molecule has 0 fully saturated rings. The molecule has 0 bridgehead atoms. The van der Waals surface area contributed by atoms with Crippen LogP contribution in [0.15, 0.2) is 23.1 Å². The quantitative estimate of drug-likeness (QED) is 0.254. The van der Waals surface area contributed by atoms with Crippen molar-refractivity contribution < 1.29 is 9.90 Å². The van der Waals surface area contributed by atoms with Gasteiger partial charge in [0, 0.05) is 4.90 Å². The molecule has 0 aromatic heterocycles. The van der Waals surface area contributed by atoms with Gasteiger partial charge < -0.3 is 16.3 Å². The van der Waals surface area contributed by atoms with Crippen LogP contribution >= 0.6 is 11.8 Å². The maximum absolute atomic E-state index is 10.3. The Morgan fingerprint density at radius 1 is 1.57 bits per heavy atom. The van der Waals surface area contributed by atoms with E-state index in [2.05, 4.69) is 5.43 Å². The number of carbonyl (C=O) groups is 1. The first kappa shape index (κ1) is 10.7. The number of hydrogen-bond acceptors (Lipinski definition) is 5. The second-order valence-electron chi connectivity index (χ2n) is 2.58. The fraction of sp³-hybridized carbons (Fsp3) is 0.125. The molecule has 1 aromatic carbocycles. The highest BCUT2D eigenvalue weighted by Gasteiger charge is 2.02. The molecule has 0 unspecified atom stereocenters. The van der Waals surface area contributed by atoms with E-state index in [0.717, 1.165) is 4.90 Å². The van der Waals surface area contributed by atoms with Crippen LogP contribution in [0.25, 0.3) is 0 Å². The highest BCUT2D eigenvalue weighted by atomic mass is 32.2. The molecule has 14 heavy (non-hydrogen) atoms. The number of hydrazine groups is 1. The van der Waals surface area contributed by atoms with Crippen LogP contribution in [0.5, 0.6) is 0 Å². The van der Waals surface area contributed by atoms with Gasteiger partial charge in [0.15, 0.2) is 0 Å². The molecule has 1 aromatic rings. The predicted octanol–water partition coefficient (Wildman–Crippen LogP) is 0.731. The molecule has 0 atom stereocenters. The maximum atomic E-state index is 10.3. The summed E-state index contributed by atoms with van der Waals surface area (Å²) in [6.07, 6.45) is 0. The number of hydrogen-bond donors (Lipinski definition) is 4. The summed E-state index contributed by atoms with van der Waals surface area (Å²) in [7, 11) is 0. The van der Waals surface area contributed by atoms with Crippen molar-refractivity contribution in [3.8, 4) is 0 Å². The molecule has 0 saturated carbocycles. The van der Waals surface area contributed by atoms with Crippen LogP contribution in [0.2, 0.25) is 0 Å². The molecule has 0 saturated heterocycles. The van der Waals surface area contributed by atoms with E-state index >= 15 is 0 Å². The number of nitrogen functional groups attached to an aromatic ring is 2. The zero-order valence-corrected chi connectivity index (χ0v) is 8.17. The molecular formula is C8H11N3O2S. The number of thioether (sulfide) groups is 1. The van der Waals surface area contributed by atoms with Crippen LogP contribution in [-0.4, -0.2) is 16.8 Å². The molecule has 0 spiro atoms. The molecule has 0 heterocycles. The van der Waals surface area contributed by atoms with Crippen LogP contribution in [0.3, 0.4) is 0 Å². The fourth-order valence-corrected chi connectivity index (χ4v) is 1.55. The molecule has 0 aliphatic carbocycles. The van der Waals surface area contributed by atoms with Crippen molar-refractivity contribution in [2.45, 2.75) is 4.90 Å². The van der Waals surface area contributed by atoms with Crippen LogP contribution in [-0.2, 0) is 4.79 Å². The number of nitrogens with two attached hydrogens (primary N) is 2. The number of rotatable bonds is 4. The van der Waals surface area contributed by atoms with E-state index in [0.29, 0.717) is 11.4 Å². The Morgan fingerprint density at radius 3 is 2.86 bits per heavy atom. The Hall–Kier alpha value is -1.40. The van der Waals surface area contributed by atoms with Gasteiger partial charge in [-0.15, -0.1) is 11.8 Å². The average molecular weight is 213 g/mol. The Morgan fingerprint density at radius 2 is 2.29 bits per heavy atom. The van der Waals surface area contributed by atoms with Crippen molar-refractivity contribution in [1.82, 2.24) is 0 Å². The lowest BCUT2D eigenvalue weighted by Crippen LogP contribution is -2.09. The first-order valence-electron chi connectivity index (χ1n) is 3.84. The van der Waals surface area contributed by atoms with E-state index in [1.165, 1.54) is 11.8 Å². The molecule has 6 heteroatoms. The Bertz CT molecular complexity index is 343. The van der Waals surface area contributed by atoms with Crippen molar-refractivity contribution in [1.29, 1.82) is 0 Å². The van der Waals surface area contributed by atoms with Gasteiger partial charge in [0.1, 0.15) is 0 Å². The van der Waals surface area contributed by atoms with E-state index < -0.39 is 5.97 Å². The average Bonchev–Trinajstić information content (AvgIpc) is 2.16. The van der Waals surface area contributed by atoms with E-state index in [1.54, 1.807) is 18.2 Å². The largest absolute Gasteiger partial charge is 0.481 e. The van der Waals surface area contributed by atoms with Crippen molar-refractivity contribution in [2.24, 2.45) is 5.84 Å². The third-order valence-corrected chi connectivity index (χ3v) is 2.52. The maximum Gasteiger partial charge on any atom is 0.313 e. The predicted molar refractivity (Wildman–Crippen MR) is 57.0 cm³/mol. The summed E-state index contributed by atoms with van der Waals surface area (Å²) < 4.78 is 0. The van der Waals surface area contributed by atoms with Crippen LogP contribution in [0.1, 0.15) is 0 Å². The standard InChI is InChI=1S/C8H11N3O2S/c9-6-2-1-5(3-7(6)11-10)14-4-8(12)13/h1-3,11H,4,9-10H2,(H,12,13). The van der Waals surface area contributed by atoms with Crippen molar-refractivity contribution in [3.63, 3.8) is 0 Å². The smallest absolute Gasteiger partial charge is 0.313 e. The zero-order valence-electron chi connectivity index (χ0n) is 7.36. The molecule has 6 N–H and O–H groups in total. The van der Waals surface area contributed by atoms with E-state index in [-0.39, 0.29) is 5.75 Å². The SMILES string of the molecule is NNc1cc(SCC(=O)O)ccc1N. The molecule has 0 aliphatic heterocycles. The summed E-state index contributed by atoms with van der Waals surface area (Å²) in [6, 6.07) is 5.14. The summed E-state index contributed by atoms with van der Waals surface area (Å²) in [6.45, 7) is 0. The topological polar surface area (TPSA) is 101 Å². The number of aliphatic carboxylic acids is 1. The van der Waals surface area contributed by atoms with Gasteiger partial charge in [0.2, 0.25) is 0 Å². The molecule has 76 valence electrons. The summed E-state index contributed by atoms with van der Waals surface area (Å²) >= 11 is 1.22. The van der Waals surface area contributed by atoms with Gasteiger partial charge in [0.25, 0.3) is 0 Å². The van der Waals surface area contributed by atoms with Gasteiger partial charge in [-0.05, 0) is 18.2 Å². The lowest BCUT2D eigenvalue weighted by molar-refractivity contribution is -0.133. The number of carboxylic acids is 1. The Labute approximate surface area is 85.4 Å². The Balaban J connectivity index is 2.74. The monoisotopic (exact) mass is 213 g/mol. The van der Waals surface area contributed by atoms with Gasteiger partial charge >= 0.3 is 5.97 Å². The summed E-state index contributed by atoms with van der Waals surface area (Å²) in [5, 5.41) is 8.47. The summed E-state index contributed by atoms with van der Waals surface area (Å²) in [5.74, 6) is 4.39. The lowest BCUT2D eigenvalue weighted by atomic mass is 10.3. The van der Waals surface area contributed by atoms with E-state index in [1.807, 2.05) is 0 Å². The molecule has 5 nitrogen and oxygen atoms in total. The number of benzene rings is 1. The zero-order chi connectivity index (χ0) is 10.6. The normalized spacial score (nSPS) is 9.79. The van der Waals surface area contributed by atoms with Gasteiger partial charge in [-0.25, -0.2) is 0 Å². The van der Waals surface area contributed by atoms with Gasteiger partial charge in [0.05, 0.1) is 17.1 Å². The summed E-state index contributed by atoms with van der Waals surface area (Å²) in [4.78, 5) is 11.1. The second-order valence-corrected chi connectivity index (χ2v) is 3.62. The van der Waals surface area contributed by atoms with Crippen molar-refractivity contribution in [3.05, 3.63) is 18.2 Å². The van der Waals surface area contributed by atoms with Gasteiger partial charge in [-0.2, -0.15) is 0 Å². The molecule has 0 amide bonds. The summed E-state index contributed by atoms with van der Waals surface area (Å²) in [5.41, 5.74) is 9.16. The highest BCUT2D eigenvalue weighted by molar-refractivity contribution is 8.00. The van der Waals surface area contributed by atoms with E-state index in [4.69, 9.17) is 16.7 Å². The Kier molecular flexibility index (Phi) is 3.61. The number of anilines is 2. The first-order valence-corrected chi connectivity index (χ1v) is 4.83. The third-order valence-electron chi connectivity index (χ3n) is 1.54. The van der Waals surface area contributed by atoms with Gasteiger partial charge in [-0.3, -0.25) is 10.6 Å². The molecule has 1 rings (SSSR count). The number of carboxylic acid groups (broad SMARTS) is 1. The molecular weight excluding hydrogens is 202 g/mol. The van der Waals surface area contributed by atoms with Crippen LogP contribution < -0.4 is 17.0 Å². The lowest BCUT2D eigenvalue weighted by Gasteiger charge is -2.06. The van der Waals surface area contributed by atoms with Crippen molar-refractivity contribution >= 4 is 29.1 Å². The van der Waals surface area contributed by atoms with Crippen molar-refractivity contribution in [2.75, 3.05) is 16.9 Å². The minimum absolute atomic E-state index is 0.0218. The number of nitrogens with one attached hydrogen (secondary N) is 1. The van der Waals surface area contributed by atoms with Crippen LogP contribution in [0.4, 0.5) is 11.4 Å².